The van der Waals surface area contributed by atoms with Gasteiger partial charge >= 0.3 is 0 Å². The van der Waals surface area contributed by atoms with Crippen molar-refractivity contribution in [1.29, 1.82) is 0 Å². The second kappa shape index (κ2) is 7.61. The van der Waals surface area contributed by atoms with Crippen LogP contribution in [0.5, 0.6) is 5.75 Å². The average molecular weight is 337 g/mol. The molecule has 0 aliphatic rings. The van der Waals surface area contributed by atoms with Crippen molar-refractivity contribution in [1.82, 2.24) is 15.5 Å². The summed E-state index contributed by atoms with van der Waals surface area (Å²) >= 11 is 0. The first-order chi connectivity index (χ1) is 12.1. The van der Waals surface area contributed by atoms with E-state index >= 15 is 0 Å². The highest BCUT2D eigenvalue weighted by Gasteiger charge is 2.09. The average Bonchev–Trinajstić information content (AvgIpc) is 3.06. The van der Waals surface area contributed by atoms with Gasteiger partial charge in [0.25, 0.3) is 11.8 Å². The Morgan fingerprint density at radius 1 is 1.08 bits per heavy atom. The molecule has 1 aromatic heterocycles. The largest absolute Gasteiger partial charge is 0.492 e. The fourth-order valence-electron chi connectivity index (χ4n) is 2.25. The lowest BCUT2D eigenvalue weighted by molar-refractivity contribution is 0.0947. The number of ether oxygens (including phenoxy) is 1. The molecule has 0 aliphatic carbocycles. The van der Waals surface area contributed by atoms with Gasteiger partial charge in [0.2, 0.25) is 0 Å². The van der Waals surface area contributed by atoms with Gasteiger partial charge in [0.1, 0.15) is 12.4 Å². The quantitative estimate of drug-likeness (QED) is 0.699. The van der Waals surface area contributed by atoms with E-state index in [-0.39, 0.29) is 5.91 Å². The molecule has 3 aromatic rings. The summed E-state index contributed by atoms with van der Waals surface area (Å²) in [5.74, 6) is 1.65. The van der Waals surface area contributed by atoms with Crippen LogP contribution in [0.3, 0.4) is 0 Å². The van der Waals surface area contributed by atoms with E-state index in [1.165, 1.54) is 5.56 Å². The van der Waals surface area contributed by atoms with Gasteiger partial charge in [-0.2, -0.15) is 4.98 Å². The smallest absolute Gasteiger partial charge is 0.257 e. The number of aromatic nitrogens is 2. The first-order valence-electron chi connectivity index (χ1n) is 8.00. The van der Waals surface area contributed by atoms with Gasteiger partial charge in [0.05, 0.1) is 6.54 Å². The Morgan fingerprint density at radius 2 is 1.80 bits per heavy atom. The van der Waals surface area contributed by atoms with E-state index in [4.69, 9.17) is 9.26 Å². The number of hydrogen-bond acceptors (Lipinski definition) is 5. The lowest BCUT2D eigenvalue weighted by Crippen LogP contribution is -2.28. The molecule has 0 unspecified atom stereocenters. The van der Waals surface area contributed by atoms with E-state index in [9.17, 15) is 4.79 Å². The molecule has 0 saturated heterocycles. The maximum atomic E-state index is 12.1. The molecule has 0 atom stereocenters. The standard InChI is InChI=1S/C19H19N3O3/c1-13-3-9-17(10-4-13)24-12-11-20-18(23)15-5-7-16(8-6-15)19-21-14(2)22-25-19/h3-10H,11-12H2,1-2H3,(H,20,23). The number of benzene rings is 2. The van der Waals surface area contributed by atoms with Gasteiger partial charge in [-0.05, 0) is 50.2 Å². The van der Waals surface area contributed by atoms with Crippen LogP contribution in [0.4, 0.5) is 0 Å². The summed E-state index contributed by atoms with van der Waals surface area (Å²) in [5, 5.41) is 6.58. The van der Waals surface area contributed by atoms with E-state index < -0.39 is 0 Å². The number of carbonyl (C=O) groups excluding carboxylic acids is 1. The topological polar surface area (TPSA) is 77.2 Å². The van der Waals surface area contributed by atoms with Crippen molar-refractivity contribution in [3.63, 3.8) is 0 Å². The molecule has 2 aromatic carbocycles. The monoisotopic (exact) mass is 337 g/mol. The number of hydrogen-bond donors (Lipinski definition) is 1. The zero-order chi connectivity index (χ0) is 17.6. The Labute approximate surface area is 145 Å². The van der Waals surface area contributed by atoms with Crippen LogP contribution in [-0.2, 0) is 0 Å². The fourth-order valence-corrected chi connectivity index (χ4v) is 2.25. The molecule has 1 heterocycles. The number of carbonyl (C=O) groups is 1. The summed E-state index contributed by atoms with van der Waals surface area (Å²) in [4.78, 5) is 16.3. The Morgan fingerprint density at radius 3 is 2.44 bits per heavy atom. The second-order valence-corrected chi connectivity index (χ2v) is 5.64. The van der Waals surface area contributed by atoms with Gasteiger partial charge < -0.3 is 14.6 Å². The maximum absolute atomic E-state index is 12.1. The zero-order valence-corrected chi connectivity index (χ0v) is 14.2. The van der Waals surface area contributed by atoms with Crippen LogP contribution in [0.15, 0.2) is 53.1 Å². The molecule has 6 heteroatoms. The molecule has 0 fully saturated rings. The predicted molar refractivity (Wildman–Crippen MR) is 93.5 cm³/mol. The summed E-state index contributed by atoms with van der Waals surface area (Å²) in [5.41, 5.74) is 2.52. The predicted octanol–water partition coefficient (Wildman–Crippen LogP) is 3.16. The lowest BCUT2D eigenvalue weighted by Gasteiger charge is -2.08. The van der Waals surface area contributed by atoms with Crippen molar-refractivity contribution < 1.29 is 14.1 Å². The van der Waals surface area contributed by atoms with Gasteiger partial charge in [0.15, 0.2) is 5.82 Å². The number of aryl methyl sites for hydroxylation is 2. The van der Waals surface area contributed by atoms with Crippen LogP contribution in [0.25, 0.3) is 11.5 Å². The Hall–Kier alpha value is -3.15. The molecule has 0 aliphatic heterocycles. The lowest BCUT2D eigenvalue weighted by atomic mass is 10.1. The van der Waals surface area contributed by atoms with Crippen molar-refractivity contribution in [3.8, 4) is 17.2 Å². The van der Waals surface area contributed by atoms with Crippen LogP contribution in [0.1, 0.15) is 21.7 Å². The van der Waals surface area contributed by atoms with Gasteiger partial charge in [-0.1, -0.05) is 22.9 Å². The minimum Gasteiger partial charge on any atom is -0.492 e. The molecule has 0 saturated carbocycles. The molecule has 1 N–H and O–H groups in total. The number of amides is 1. The molecule has 0 bridgehead atoms. The van der Waals surface area contributed by atoms with Crippen LogP contribution in [0.2, 0.25) is 0 Å². The second-order valence-electron chi connectivity index (χ2n) is 5.64. The molecule has 6 nitrogen and oxygen atoms in total. The third-order valence-electron chi connectivity index (χ3n) is 3.60. The van der Waals surface area contributed by atoms with Crippen molar-refractivity contribution in [2.75, 3.05) is 13.2 Å². The highest BCUT2D eigenvalue weighted by atomic mass is 16.5. The number of nitrogens with zero attached hydrogens (tertiary/aromatic N) is 2. The van der Waals surface area contributed by atoms with Crippen LogP contribution in [0, 0.1) is 13.8 Å². The molecule has 25 heavy (non-hydrogen) atoms. The minimum atomic E-state index is -0.152. The van der Waals surface area contributed by atoms with E-state index in [1.54, 1.807) is 31.2 Å². The third kappa shape index (κ3) is 4.44. The Kier molecular flexibility index (Phi) is 5.09. The summed E-state index contributed by atoms with van der Waals surface area (Å²) < 4.78 is 10.7. The van der Waals surface area contributed by atoms with Crippen molar-refractivity contribution in [3.05, 3.63) is 65.5 Å². The first-order valence-corrected chi connectivity index (χ1v) is 8.00. The van der Waals surface area contributed by atoms with Gasteiger partial charge in [-0.15, -0.1) is 0 Å². The zero-order valence-electron chi connectivity index (χ0n) is 14.2. The highest BCUT2D eigenvalue weighted by Crippen LogP contribution is 2.17. The third-order valence-corrected chi connectivity index (χ3v) is 3.60. The van der Waals surface area contributed by atoms with Crippen molar-refractivity contribution in [2.45, 2.75) is 13.8 Å². The Bertz CT molecular complexity index is 839. The number of nitrogens with one attached hydrogen (secondary N) is 1. The fraction of sp³-hybridized carbons (Fsp3) is 0.211. The van der Waals surface area contributed by atoms with E-state index in [1.807, 2.05) is 31.2 Å². The van der Waals surface area contributed by atoms with E-state index in [0.717, 1.165) is 11.3 Å². The molecular weight excluding hydrogens is 318 g/mol. The summed E-state index contributed by atoms with van der Waals surface area (Å²) in [6.07, 6.45) is 0. The molecule has 0 radical (unpaired) electrons. The molecule has 1 amide bonds. The van der Waals surface area contributed by atoms with Crippen LogP contribution in [-0.4, -0.2) is 29.2 Å². The molecule has 3 rings (SSSR count). The molecular formula is C19H19N3O3. The normalized spacial score (nSPS) is 10.5. The molecule has 0 spiro atoms. The maximum Gasteiger partial charge on any atom is 0.257 e. The Balaban J connectivity index is 1.48. The van der Waals surface area contributed by atoms with E-state index in [2.05, 4.69) is 15.5 Å². The van der Waals surface area contributed by atoms with Crippen LogP contribution >= 0.6 is 0 Å². The van der Waals surface area contributed by atoms with Gasteiger partial charge in [0, 0.05) is 11.1 Å². The minimum absolute atomic E-state index is 0.152. The summed E-state index contributed by atoms with van der Waals surface area (Å²) in [7, 11) is 0. The van der Waals surface area contributed by atoms with Gasteiger partial charge in [-0.3, -0.25) is 4.79 Å². The van der Waals surface area contributed by atoms with Gasteiger partial charge in [-0.25, -0.2) is 0 Å². The van der Waals surface area contributed by atoms with Crippen molar-refractivity contribution >= 4 is 5.91 Å². The number of rotatable bonds is 6. The summed E-state index contributed by atoms with van der Waals surface area (Å²) in [6.45, 7) is 4.62. The molecule has 128 valence electrons. The first kappa shape index (κ1) is 16.7. The summed E-state index contributed by atoms with van der Waals surface area (Å²) in [6, 6.07) is 14.8. The van der Waals surface area contributed by atoms with Crippen molar-refractivity contribution in [2.24, 2.45) is 0 Å². The highest BCUT2D eigenvalue weighted by molar-refractivity contribution is 5.94. The van der Waals surface area contributed by atoms with Crippen LogP contribution < -0.4 is 10.1 Å². The SMILES string of the molecule is Cc1ccc(OCCNC(=O)c2ccc(-c3nc(C)no3)cc2)cc1. The van der Waals surface area contributed by atoms with E-state index in [0.29, 0.717) is 30.4 Å².